The maximum Gasteiger partial charge on any atom is 0.337 e. The van der Waals surface area contributed by atoms with Crippen LogP contribution in [0.15, 0.2) is 48.5 Å². The van der Waals surface area contributed by atoms with Crippen molar-refractivity contribution >= 4 is 5.97 Å². The van der Waals surface area contributed by atoms with E-state index in [2.05, 4.69) is 4.74 Å². The van der Waals surface area contributed by atoms with Crippen molar-refractivity contribution in [2.75, 3.05) is 7.11 Å². The predicted octanol–water partition coefficient (Wildman–Crippen LogP) is 2.54. The molecule has 0 aliphatic carbocycles. The summed E-state index contributed by atoms with van der Waals surface area (Å²) in [5, 5.41) is 8.97. The molecule has 0 heterocycles. The van der Waals surface area contributed by atoms with Gasteiger partial charge in [-0.15, -0.1) is 0 Å². The predicted molar refractivity (Wildman–Crippen MR) is 74.5 cm³/mol. The van der Waals surface area contributed by atoms with Gasteiger partial charge in [0.2, 0.25) is 0 Å². The Kier molecular flexibility index (Phi) is 4.74. The topological polar surface area (TPSA) is 55.8 Å². The van der Waals surface area contributed by atoms with Crippen LogP contribution < -0.4 is 4.74 Å². The maximum absolute atomic E-state index is 11.4. The summed E-state index contributed by atoms with van der Waals surface area (Å²) >= 11 is 0. The first-order chi connectivity index (χ1) is 9.72. The van der Waals surface area contributed by atoms with Crippen molar-refractivity contribution in [2.45, 2.75) is 13.2 Å². The number of rotatable bonds is 5. The van der Waals surface area contributed by atoms with Crippen LogP contribution in [0.5, 0.6) is 5.75 Å². The monoisotopic (exact) mass is 272 g/mol. The van der Waals surface area contributed by atoms with Crippen LogP contribution in [-0.4, -0.2) is 18.2 Å². The average Bonchev–Trinajstić information content (AvgIpc) is 2.53. The van der Waals surface area contributed by atoms with Gasteiger partial charge in [0.15, 0.2) is 0 Å². The highest BCUT2D eigenvalue weighted by molar-refractivity contribution is 5.89. The van der Waals surface area contributed by atoms with E-state index in [-0.39, 0.29) is 12.6 Å². The lowest BCUT2D eigenvalue weighted by atomic mass is 10.1. The van der Waals surface area contributed by atoms with Crippen LogP contribution in [0.4, 0.5) is 0 Å². The zero-order chi connectivity index (χ0) is 14.4. The summed E-state index contributed by atoms with van der Waals surface area (Å²) in [7, 11) is 1.35. The molecule has 0 amide bonds. The van der Waals surface area contributed by atoms with Gasteiger partial charge in [-0.1, -0.05) is 30.3 Å². The van der Waals surface area contributed by atoms with Crippen LogP contribution in [0.3, 0.4) is 0 Å². The van der Waals surface area contributed by atoms with Crippen LogP contribution in [0, 0.1) is 0 Å². The number of hydrogen-bond donors (Lipinski definition) is 1. The fourth-order valence-electron chi connectivity index (χ4n) is 1.74. The van der Waals surface area contributed by atoms with Gasteiger partial charge < -0.3 is 14.6 Å². The Hall–Kier alpha value is -2.33. The number of carbonyl (C=O) groups excluding carboxylic acids is 1. The van der Waals surface area contributed by atoms with Crippen molar-refractivity contribution < 1.29 is 19.4 Å². The highest BCUT2D eigenvalue weighted by Crippen LogP contribution is 2.16. The van der Waals surface area contributed by atoms with Gasteiger partial charge in [0.05, 0.1) is 19.3 Å². The summed E-state index contributed by atoms with van der Waals surface area (Å²) < 4.78 is 10.3. The molecular formula is C16H16O4. The second-order valence-electron chi connectivity index (χ2n) is 4.28. The third-order valence-corrected chi connectivity index (χ3v) is 2.87. The van der Waals surface area contributed by atoms with Crippen molar-refractivity contribution in [3.05, 3.63) is 65.2 Å². The minimum Gasteiger partial charge on any atom is -0.489 e. The van der Waals surface area contributed by atoms with Gasteiger partial charge in [-0.3, -0.25) is 0 Å². The van der Waals surface area contributed by atoms with Gasteiger partial charge in [0.25, 0.3) is 0 Å². The molecule has 0 aliphatic rings. The lowest BCUT2D eigenvalue weighted by Crippen LogP contribution is -2.02. The number of hydrogen-bond acceptors (Lipinski definition) is 4. The van der Waals surface area contributed by atoms with Gasteiger partial charge in [-0.05, 0) is 29.3 Å². The highest BCUT2D eigenvalue weighted by Gasteiger charge is 2.06. The van der Waals surface area contributed by atoms with E-state index in [1.165, 1.54) is 7.11 Å². The van der Waals surface area contributed by atoms with Gasteiger partial charge in [-0.25, -0.2) is 4.79 Å². The molecule has 0 radical (unpaired) electrons. The number of aliphatic hydroxyl groups is 1. The third-order valence-electron chi connectivity index (χ3n) is 2.87. The Morgan fingerprint density at radius 3 is 2.45 bits per heavy atom. The molecule has 4 nitrogen and oxygen atoms in total. The van der Waals surface area contributed by atoms with E-state index < -0.39 is 0 Å². The molecule has 0 aromatic heterocycles. The molecule has 0 saturated heterocycles. The Balaban J connectivity index is 2.01. The first-order valence-corrected chi connectivity index (χ1v) is 6.23. The van der Waals surface area contributed by atoms with E-state index in [1.807, 2.05) is 24.3 Å². The third kappa shape index (κ3) is 3.59. The maximum atomic E-state index is 11.4. The van der Waals surface area contributed by atoms with E-state index in [4.69, 9.17) is 9.84 Å². The summed E-state index contributed by atoms with van der Waals surface area (Å²) in [5.41, 5.74) is 2.31. The molecule has 0 unspecified atom stereocenters. The van der Waals surface area contributed by atoms with E-state index in [1.54, 1.807) is 24.3 Å². The smallest absolute Gasteiger partial charge is 0.337 e. The van der Waals surface area contributed by atoms with E-state index in [0.29, 0.717) is 17.9 Å². The number of esters is 1. The number of ether oxygens (including phenoxy) is 2. The van der Waals surface area contributed by atoms with E-state index >= 15 is 0 Å². The van der Waals surface area contributed by atoms with Crippen LogP contribution in [0.2, 0.25) is 0 Å². The highest BCUT2D eigenvalue weighted by atomic mass is 16.5. The summed E-state index contributed by atoms with van der Waals surface area (Å²) in [5.74, 6) is 0.224. The summed E-state index contributed by atoms with van der Waals surface area (Å²) in [4.78, 5) is 11.4. The molecule has 0 atom stereocenters. The minimum atomic E-state index is -0.386. The molecule has 0 spiro atoms. The minimum absolute atomic E-state index is 0.0301. The summed E-state index contributed by atoms with van der Waals surface area (Å²) in [6.07, 6.45) is 0. The Morgan fingerprint density at radius 1 is 1.10 bits per heavy atom. The largest absolute Gasteiger partial charge is 0.489 e. The molecular weight excluding hydrogens is 256 g/mol. The number of aliphatic hydroxyl groups excluding tert-OH is 1. The molecule has 2 rings (SSSR count). The Labute approximate surface area is 117 Å². The van der Waals surface area contributed by atoms with Crippen molar-refractivity contribution in [1.82, 2.24) is 0 Å². The number of benzene rings is 2. The van der Waals surface area contributed by atoms with Gasteiger partial charge >= 0.3 is 5.97 Å². The van der Waals surface area contributed by atoms with Gasteiger partial charge in [-0.2, -0.15) is 0 Å². The lowest BCUT2D eigenvalue weighted by molar-refractivity contribution is 0.0600. The van der Waals surface area contributed by atoms with Crippen molar-refractivity contribution in [1.29, 1.82) is 0 Å². The zero-order valence-electron chi connectivity index (χ0n) is 11.2. The Morgan fingerprint density at radius 2 is 1.80 bits per heavy atom. The lowest BCUT2D eigenvalue weighted by Gasteiger charge is -2.08. The fourth-order valence-corrected chi connectivity index (χ4v) is 1.74. The molecule has 20 heavy (non-hydrogen) atoms. The second kappa shape index (κ2) is 6.73. The first-order valence-electron chi connectivity index (χ1n) is 6.23. The van der Waals surface area contributed by atoms with Gasteiger partial charge in [0, 0.05) is 0 Å². The normalized spacial score (nSPS) is 10.1. The fraction of sp³-hybridized carbons (Fsp3) is 0.188. The molecule has 2 aromatic carbocycles. The molecule has 0 bridgehead atoms. The Bertz CT molecular complexity index is 575. The molecule has 4 heteroatoms. The first kappa shape index (κ1) is 14.1. The zero-order valence-corrected chi connectivity index (χ0v) is 11.2. The summed E-state index contributed by atoms with van der Waals surface area (Å²) in [6.45, 7) is 0.429. The molecule has 0 aliphatic heterocycles. The van der Waals surface area contributed by atoms with Crippen LogP contribution in [0.1, 0.15) is 21.5 Å². The number of methoxy groups -OCH3 is 1. The standard InChI is InChI=1S/C16H16O4/c1-19-16(18)14-3-2-4-15(9-14)20-11-13-7-5-12(10-17)6-8-13/h2-9,17H,10-11H2,1H3. The molecule has 2 aromatic rings. The number of carbonyl (C=O) groups is 1. The van der Waals surface area contributed by atoms with Crippen LogP contribution in [0.25, 0.3) is 0 Å². The van der Waals surface area contributed by atoms with Crippen LogP contribution in [-0.2, 0) is 18.0 Å². The average molecular weight is 272 g/mol. The molecule has 1 N–H and O–H groups in total. The molecule has 0 saturated carbocycles. The van der Waals surface area contributed by atoms with E-state index in [0.717, 1.165) is 11.1 Å². The van der Waals surface area contributed by atoms with Crippen LogP contribution >= 0.6 is 0 Å². The molecule has 104 valence electrons. The summed E-state index contributed by atoms with van der Waals surface area (Å²) in [6, 6.07) is 14.4. The molecule has 0 fully saturated rings. The van der Waals surface area contributed by atoms with E-state index in [9.17, 15) is 4.79 Å². The second-order valence-corrected chi connectivity index (χ2v) is 4.28. The van der Waals surface area contributed by atoms with Crippen molar-refractivity contribution in [2.24, 2.45) is 0 Å². The SMILES string of the molecule is COC(=O)c1cccc(OCc2ccc(CO)cc2)c1. The van der Waals surface area contributed by atoms with Gasteiger partial charge in [0.1, 0.15) is 12.4 Å². The quantitative estimate of drug-likeness (QED) is 0.850. The van der Waals surface area contributed by atoms with Crippen molar-refractivity contribution in [3.63, 3.8) is 0 Å². The van der Waals surface area contributed by atoms with Crippen molar-refractivity contribution in [3.8, 4) is 5.75 Å².